The van der Waals surface area contributed by atoms with Crippen molar-refractivity contribution in [1.82, 2.24) is 0 Å². The van der Waals surface area contributed by atoms with Crippen LogP contribution in [-0.4, -0.2) is 40.6 Å². The maximum absolute atomic E-state index is 9.19. The summed E-state index contributed by atoms with van der Waals surface area (Å²) in [6.45, 7) is 0.859. The number of ether oxygens (including phenoxy) is 5. The van der Waals surface area contributed by atoms with Gasteiger partial charge in [-0.15, -0.1) is 0 Å². The quantitative estimate of drug-likeness (QED) is 0.106. The van der Waals surface area contributed by atoms with E-state index in [1.165, 1.54) is 0 Å². The van der Waals surface area contributed by atoms with E-state index in [-0.39, 0.29) is 0 Å². The van der Waals surface area contributed by atoms with E-state index in [1.54, 1.807) is 21.3 Å². The van der Waals surface area contributed by atoms with Crippen LogP contribution in [0.5, 0.6) is 28.7 Å². The van der Waals surface area contributed by atoms with Crippen molar-refractivity contribution in [2.24, 2.45) is 7.05 Å². The van der Waals surface area contributed by atoms with Crippen LogP contribution in [0.25, 0.3) is 32.4 Å². The Morgan fingerprint density at radius 3 is 1.57 bits per heavy atom. The predicted molar refractivity (Wildman–Crippen MR) is 179 cm³/mol. The molecule has 0 bridgehead atoms. The first-order chi connectivity index (χ1) is 22.1. The normalized spacial score (nSPS) is 11.2. The van der Waals surface area contributed by atoms with Crippen LogP contribution in [0.2, 0.25) is 0 Å². The Kier molecular flexibility index (Phi) is 9.79. The van der Waals surface area contributed by atoms with Crippen LogP contribution in [0.1, 0.15) is 11.1 Å². The molecule has 1 N–H and O–H groups in total. The van der Waals surface area contributed by atoms with Crippen LogP contribution in [0.3, 0.4) is 0 Å². The number of fused-ring (bicyclic) bond motifs is 5. The molecule has 0 aliphatic carbocycles. The fraction of sp³-hybridized carbons (Fsp3) is 0.194. The Balaban J connectivity index is 0.000000775. The summed E-state index contributed by atoms with van der Waals surface area (Å²) in [6, 6.07) is 30.5. The molecule has 6 rings (SSSR count). The lowest BCUT2D eigenvalue weighted by Gasteiger charge is -2.17. The standard InChI is InChI=1S/C35H32NO5.CH4O3S/c1-36-20-25-15-31(37-2)32(38-3)16-26(25)28-18-30(40-21-23-11-7-5-8-12-23)27-17-34(33(39-4)19-29(27)35(28)36)41-22-24-13-9-6-10-14-24;1-5(2,3)4/h5-20H,21-22H2,1-4H3;1H3,(H,2,3,4)/q+1;. The SMILES string of the molecule is COc1cc2c[n+](C)c3c4cc(OC)c(OCc5ccccc5)cc4c(OCc4ccccc4)cc3c2cc1OC.CS(=O)(=O)O. The first-order valence-corrected chi connectivity index (χ1v) is 16.2. The highest BCUT2D eigenvalue weighted by Gasteiger charge is 2.22. The lowest BCUT2D eigenvalue weighted by Crippen LogP contribution is -2.28. The highest BCUT2D eigenvalue weighted by Crippen LogP contribution is 2.43. The van der Waals surface area contributed by atoms with Crippen molar-refractivity contribution >= 4 is 42.6 Å². The number of aryl methyl sites for hydroxylation is 1. The number of nitrogens with zero attached hydrogens (tertiary/aromatic N) is 1. The van der Waals surface area contributed by atoms with E-state index in [4.69, 9.17) is 28.2 Å². The molecule has 46 heavy (non-hydrogen) atoms. The van der Waals surface area contributed by atoms with E-state index in [9.17, 15) is 8.42 Å². The molecule has 0 aliphatic heterocycles. The largest absolute Gasteiger partial charge is 0.493 e. The monoisotopic (exact) mass is 642 g/mol. The second-order valence-electron chi connectivity index (χ2n) is 10.6. The van der Waals surface area contributed by atoms with E-state index in [2.05, 4.69) is 36.0 Å². The van der Waals surface area contributed by atoms with Gasteiger partial charge in [0, 0.05) is 10.8 Å². The van der Waals surface area contributed by atoms with Gasteiger partial charge in [-0.1, -0.05) is 60.7 Å². The van der Waals surface area contributed by atoms with Gasteiger partial charge >= 0.3 is 0 Å². The maximum Gasteiger partial charge on any atom is 0.261 e. The molecule has 0 saturated carbocycles. The lowest BCUT2D eigenvalue weighted by atomic mass is 9.99. The molecule has 0 atom stereocenters. The highest BCUT2D eigenvalue weighted by atomic mass is 32.2. The summed E-state index contributed by atoms with van der Waals surface area (Å²) in [4.78, 5) is 0. The van der Waals surface area contributed by atoms with Crippen molar-refractivity contribution in [3.63, 3.8) is 0 Å². The minimum atomic E-state index is -3.67. The van der Waals surface area contributed by atoms with Crippen LogP contribution in [-0.2, 0) is 30.4 Å². The molecule has 10 heteroatoms. The number of hydrogen-bond acceptors (Lipinski definition) is 7. The zero-order chi connectivity index (χ0) is 32.8. The van der Waals surface area contributed by atoms with Crippen LogP contribution in [0, 0.1) is 0 Å². The summed E-state index contributed by atoms with van der Waals surface area (Å²) in [6.07, 6.45) is 2.82. The summed E-state index contributed by atoms with van der Waals surface area (Å²) < 4.78 is 57.9. The first-order valence-electron chi connectivity index (χ1n) is 14.4. The predicted octanol–water partition coefficient (Wildman–Crippen LogP) is 6.66. The van der Waals surface area contributed by atoms with Gasteiger partial charge < -0.3 is 23.7 Å². The molecule has 0 spiro atoms. The number of benzene rings is 5. The zero-order valence-electron chi connectivity index (χ0n) is 26.3. The van der Waals surface area contributed by atoms with E-state index in [1.807, 2.05) is 72.8 Å². The third-order valence-electron chi connectivity index (χ3n) is 7.36. The lowest BCUT2D eigenvalue weighted by molar-refractivity contribution is -0.642. The summed E-state index contributed by atoms with van der Waals surface area (Å²) >= 11 is 0. The van der Waals surface area contributed by atoms with Crippen molar-refractivity contribution in [1.29, 1.82) is 0 Å². The van der Waals surface area contributed by atoms with Gasteiger partial charge in [0.1, 0.15) is 26.0 Å². The van der Waals surface area contributed by atoms with E-state index in [0.29, 0.717) is 42.5 Å². The molecule has 0 unspecified atom stereocenters. The molecule has 1 heterocycles. The molecular formula is C36H36NO8S+. The number of hydrogen-bond donors (Lipinski definition) is 1. The van der Waals surface area contributed by atoms with E-state index < -0.39 is 10.1 Å². The van der Waals surface area contributed by atoms with Crippen molar-refractivity contribution < 1.29 is 41.2 Å². The fourth-order valence-corrected chi connectivity index (χ4v) is 5.34. The van der Waals surface area contributed by atoms with Crippen molar-refractivity contribution in [3.05, 3.63) is 108 Å². The van der Waals surface area contributed by atoms with Crippen LogP contribution in [0.15, 0.2) is 97.2 Å². The summed E-state index contributed by atoms with van der Waals surface area (Å²) in [5, 5.41) is 5.02. The molecule has 0 amide bonds. The Morgan fingerprint density at radius 2 is 1.02 bits per heavy atom. The fourth-order valence-electron chi connectivity index (χ4n) is 5.34. The van der Waals surface area contributed by atoms with Gasteiger partial charge in [0.25, 0.3) is 10.1 Å². The molecule has 0 fully saturated rings. The number of rotatable bonds is 9. The zero-order valence-corrected chi connectivity index (χ0v) is 27.1. The van der Waals surface area contributed by atoms with Crippen LogP contribution >= 0.6 is 0 Å². The Bertz CT molecular complexity index is 2090. The van der Waals surface area contributed by atoms with Crippen molar-refractivity contribution in [2.45, 2.75) is 13.2 Å². The molecule has 9 nitrogen and oxygen atoms in total. The van der Waals surface area contributed by atoms with Crippen LogP contribution in [0.4, 0.5) is 0 Å². The molecule has 0 aliphatic rings. The van der Waals surface area contributed by atoms with Crippen molar-refractivity contribution in [3.8, 4) is 28.7 Å². The summed E-state index contributed by atoms with van der Waals surface area (Å²) in [5.74, 6) is 3.42. The smallest absolute Gasteiger partial charge is 0.261 e. The number of pyridine rings is 1. The molecule has 5 aromatic carbocycles. The molecule has 238 valence electrons. The van der Waals surface area contributed by atoms with Crippen molar-refractivity contribution in [2.75, 3.05) is 27.6 Å². The summed E-state index contributed by atoms with van der Waals surface area (Å²) in [7, 11) is 3.35. The summed E-state index contributed by atoms with van der Waals surface area (Å²) in [5.41, 5.74) is 3.21. The Labute approximate surface area is 268 Å². The van der Waals surface area contributed by atoms with E-state index in [0.717, 1.165) is 49.3 Å². The van der Waals surface area contributed by atoms with Gasteiger partial charge in [-0.3, -0.25) is 4.55 Å². The minimum Gasteiger partial charge on any atom is -0.493 e. The second kappa shape index (κ2) is 13.9. The van der Waals surface area contributed by atoms with Crippen LogP contribution < -0.4 is 28.3 Å². The van der Waals surface area contributed by atoms with Gasteiger partial charge in [0.15, 0.2) is 29.2 Å². The second-order valence-corrected chi connectivity index (χ2v) is 12.1. The maximum atomic E-state index is 9.19. The molecule has 0 saturated heterocycles. The van der Waals surface area contributed by atoms with Gasteiger partial charge in [-0.25, -0.2) is 0 Å². The first kappa shape index (κ1) is 32.3. The highest BCUT2D eigenvalue weighted by molar-refractivity contribution is 7.85. The topological polar surface area (TPSA) is 104 Å². The third kappa shape index (κ3) is 7.42. The molecule has 6 aromatic rings. The molecule has 0 radical (unpaired) electrons. The molecule has 1 aromatic heterocycles. The van der Waals surface area contributed by atoms with E-state index >= 15 is 0 Å². The van der Waals surface area contributed by atoms with Gasteiger partial charge in [-0.05, 0) is 41.5 Å². The average molecular weight is 643 g/mol. The van der Waals surface area contributed by atoms with Gasteiger partial charge in [-0.2, -0.15) is 13.0 Å². The number of aromatic nitrogens is 1. The minimum absolute atomic E-state index is 0.427. The van der Waals surface area contributed by atoms with Gasteiger partial charge in [0.2, 0.25) is 5.52 Å². The Morgan fingerprint density at radius 1 is 0.609 bits per heavy atom. The average Bonchev–Trinajstić information content (AvgIpc) is 3.05. The third-order valence-corrected chi connectivity index (χ3v) is 7.36. The molecular weight excluding hydrogens is 606 g/mol. The Hall–Kier alpha value is -5.06. The van der Waals surface area contributed by atoms with Gasteiger partial charge in [0.05, 0.1) is 43.7 Å². The number of methoxy groups -OCH3 is 3.